The van der Waals surface area contributed by atoms with Gasteiger partial charge in [0.05, 0.1) is 13.1 Å². The average Bonchev–Trinajstić information content (AvgIpc) is 3.14. The molecule has 6 heteroatoms. The third-order valence-corrected chi connectivity index (χ3v) is 6.35. The molecule has 1 aromatic carbocycles. The van der Waals surface area contributed by atoms with Crippen LogP contribution in [0.15, 0.2) is 24.3 Å². The van der Waals surface area contributed by atoms with E-state index >= 15 is 0 Å². The van der Waals surface area contributed by atoms with E-state index in [1.807, 2.05) is 23.1 Å². The predicted octanol–water partition coefficient (Wildman–Crippen LogP) is 1.64. The van der Waals surface area contributed by atoms with E-state index in [1.54, 1.807) is 0 Å². The molecule has 0 unspecified atom stereocenters. The van der Waals surface area contributed by atoms with Crippen LogP contribution in [0.1, 0.15) is 37.7 Å². The molecule has 2 amide bonds. The summed E-state index contributed by atoms with van der Waals surface area (Å²) in [7, 11) is 0. The van der Waals surface area contributed by atoms with Crippen molar-refractivity contribution in [2.45, 2.75) is 44.6 Å². The van der Waals surface area contributed by atoms with Gasteiger partial charge in [0, 0.05) is 44.5 Å². The Morgan fingerprint density at radius 3 is 2.32 bits per heavy atom. The van der Waals surface area contributed by atoms with E-state index in [0.29, 0.717) is 19.1 Å². The maximum Gasteiger partial charge on any atom is 0.241 e. The van der Waals surface area contributed by atoms with Gasteiger partial charge in [-0.2, -0.15) is 0 Å². The molecule has 1 aliphatic carbocycles. The molecule has 0 spiro atoms. The van der Waals surface area contributed by atoms with Crippen molar-refractivity contribution in [2.24, 2.45) is 0 Å². The molecule has 4 rings (SSSR count). The van der Waals surface area contributed by atoms with Crippen LogP contribution in [-0.2, 0) is 16.0 Å². The first-order valence-electron chi connectivity index (χ1n) is 10.8. The summed E-state index contributed by atoms with van der Waals surface area (Å²) >= 11 is 0. The third kappa shape index (κ3) is 4.73. The Bertz CT molecular complexity index is 694. The Morgan fingerprint density at radius 2 is 1.57 bits per heavy atom. The number of amides is 2. The molecule has 1 aromatic rings. The third-order valence-electron chi connectivity index (χ3n) is 6.35. The monoisotopic (exact) mass is 384 g/mol. The highest BCUT2D eigenvalue weighted by Crippen LogP contribution is 2.27. The fraction of sp³-hybridized carbons (Fsp3) is 0.636. The van der Waals surface area contributed by atoms with E-state index in [4.69, 9.17) is 0 Å². The summed E-state index contributed by atoms with van der Waals surface area (Å²) < 4.78 is 0. The highest BCUT2D eigenvalue weighted by Gasteiger charge is 2.27. The van der Waals surface area contributed by atoms with Gasteiger partial charge in [-0.3, -0.25) is 19.4 Å². The zero-order chi connectivity index (χ0) is 19.3. The lowest BCUT2D eigenvalue weighted by Crippen LogP contribution is -2.52. The molecule has 1 saturated carbocycles. The summed E-state index contributed by atoms with van der Waals surface area (Å²) in [4.78, 5) is 31.4. The van der Waals surface area contributed by atoms with Gasteiger partial charge in [-0.25, -0.2) is 0 Å². The number of nitrogens with zero attached hydrogens (tertiary/aromatic N) is 3. The molecule has 6 nitrogen and oxygen atoms in total. The molecule has 152 valence electrons. The van der Waals surface area contributed by atoms with Crippen LogP contribution in [0, 0.1) is 0 Å². The Hall–Kier alpha value is -1.92. The quantitative estimate of drug-likeness (QED) is 0.839. The van der Waals surface area contributed by atoms with Crippen molar-refractivity contribution in [3.05, 3.63) is 29.8 Å². The molecule has 0 aromatic heterocycles. The number of piperazine rings is 1. The number of hydrogen-bond acceptors (Lipinski definition) is 4. The Morgan fingerprint density at radius 1 is 0.893 bits per heavy atom. The number of carbonyl (C=O) groups excluding carboxylic acids is 2. The van der Waals surface area contributed by atoms with E-state index in [9.17, 15) is 9.59 Å². The second-order valence-electron chi connectivity index (χ2n) is 8.38. The normalized spacial score (nSPS) is 21.5. The van der Waals surface area contributed by atoms with Crippen LogP contribution in [0.5, 0.6) is 0 Å². The van der Waals surface area contributed by atoms with Crippen molar-refractivity contribution < 1.29 is 9.59 Å². The molecular weight excluding hydrogens is 352 g/mol. The van der Waals surface area contributed by atoms with Crippen LogP contribution in [0.4, 0.5) is 5.69 Å². The second-order valence-corrected chi connectivity index (χ2v) is 8.38. The van der Waals surface area contributed by atoms with Crippen LogP contribution in [0.25, 0.3) is 0 Å². The van der Waals surface area contributed by atoms with Crippen molar-refractivity contribution >= 4 is 17.5 Å². The SMILES string of the molecule is O=C(CN1CCN(CC(=O)N2CCc3ccccc32)CC1)NC1CCCCC1. The highest BCUT2D eigenvalue weighted by molar-refractivity contribution is 5.96. The maximum atomic E-state index is 12.8. The van der Waals surface area contributed by atoms with Gasteiger partial charge < -0.3 is 10.2 Å². The number of rotatable bonds is 5. The topological polar surface area (TPSA) is 55.9 Å². The second kappa shape index (κ2) is 9.05. The van der Waals surface area contributed by atoms with Crippen LogP contribution in [0.2, 0.25) is 0 Å². The first kappa shape index (κ1) is 19.4. The Balaban J connectivity index is 1.19. The van der Waals surface area contributed by atoms with Crippen molar-refractivity contribution in [2.75, 3.05) is 50.7 Å². The fourth-order valence-electron chi connectivity index (χ4n) is 4.70. The molecule has 2 fully saturated rings. The zero-order valence-corrected chi connectivity index (χ0v) is 16.7. The number of para-hydroxylation sites is 1. The zero-order valence-electron chi connectivity index (χ0n) is 16.7. The Labute approximate surface area is 167 Å². The summed E-state index contributed by atoms with van der Waals surface area (Å²) in [5.74, 6) is 0.346. The number of nitrogens with one attached hydrogen (secondary N) is 1. The molecule has 2 heterocycles. The van der Waals surface area contributed by atoms with E-state index in [0.717, 1.165) is 57.7 Å². The number of benzene rings is 1. The van der Waals surface area contributed by atoms with Crippen molar-refractivity contribution in [3.8, 4) is 0 Å². The minimum Gasteiger partial charge on any atom is -0.352 e. The summed E-state index contributed by atoms with van der Waals surface area (Å²) in [6, 6.07) is 8.57. The predicted molar refractivity (Wildman–Crippen MR) is 110 cm³/mol. The van der Waals surface area contributed by atoms with Gasteiger partial charge in [0.15, 0.2) is 0 Å². The standard InChI is InChI=1S/C22H32N4O2/c27-21(23-19-7-2-1-3-8-19)16-24-12-14-25(15-13-24)17-22(28)26-11-10-18-6-4-5-9-20(18)26/h4-6,9,19H,1-3,7-8,10-17H2,(H,23,27). The van der Waals surface area contributed by atoms with Crippen LogP contribution < -0.4 is 10.2 Å². The van der Waals surface area contributed by atoms with E-state index in [1.165, 1.54) is 24.8 Å². The summed E-state index contributed by atoms with van der Waals surface area (Å²) in [6.07, 6.45) is 6.97. The Kier molecular flexibility index (Phi) is 6.27. The minimum absolute atomic E-state index is 0.158. The van der Waals surface area contributed by atoms with Gasteiger partial charge in [0.1, 0.15) is 0 Å². The minimum atomic E-state index is 0.158. The van der Waals surface area contributed by atoms with E-state index < -0.39 is 0 Å². The largest absolute Gasteiger partial charge is 0.352 e. The molecule has 0 radical (unpaired) electrons. The summed E-state index contributed by atoms with van der Waals surface area (Å²) in [5, 5.41) is 3.20. The van der Waals surface area contributed by atoms with Gasteiger partial charge in [-0.1, -0.05) is 37.5 Å². The number of carbonyl (C=O) groups is 2. The molecule has 1 N–H and O–H groups in total. The molecule has 3 aliphatic rings. The first-order chi connectivity index (χ1) is 13.7. The maximum absolute atomic E-state index is 12.8. The van der Waals surface area contributed by atoms with Crippen molar-refractivity contribution in [1.82, 2.24) is 15.1 Å². The molecule has 2 aliphatic heterocycles. The molecule has 28 heavy (non-hydrogen) atoms. The van der Waals surface area contributed by atoms with E-state index in [-0.39, 0.29) is 11.8 Å². The molecule has 0 bridgehead atoms. The number of hydrogen-bond donors (Lipinski definition) is 1. The first-order valence-corrected chi connectivity index (χ1v) is 10.8. The van der Waals surface area contributed by atoms with Crippen LogP contribution in [0.3, 0.4) is 0 Å². The van der Waals surface area contributed by atoms with Crippen molar-refractivity contribution in [3.63, 3.8) is 0 Å². The van der Waals surface area contributed by atoms with E-state index in [2.05, 4.69) is 21.2 Å². The average molecular weight is 385 g/mol. The van der Waals surface area contributed by atoms with Gasteiger partial charge in [-0.15, -0.1) is 0 Å². The van der Waals surface area contributed by atoms with Crippen LogP contribution >= 0.6 is 0 Å². The molecule has 0 atom stereocenters. The summed E-state index contributed by atoms with van der Waals surface area (Å²) in [6.45, 7) is 5.13. The smallest absolute Gasteiger partial charge is 0.241 e. The lowest BCUT2D eigenvalue weighted by molar-refractivity contribution is -0.124. The number of anilines is 1. The highest BCUT2D eigenvalue weighted by atomic mass is 16.2. The lowest BCUT2D eigenvalue weighted by atomic mass is 9.95. The number of fused-ring (bicyclic) bond motifs is 1. The van der Waals surface area contributed by atoms with Gasteiger partial charge in [-0.05, 0) is 30.9 Å². The summed E-state index contributed by atoms with van der Waals surface area (Å²) in [5.41, 5.74) is 2.34. The molecule has 1 saturated heterocycles. The van der Waals surface area contributed by atoms with Gasteiger partial charge in [0.2, 0.25) is 11.8 Å². The fourth-order valence-corrected chi connectivity index (χ4v) is 4.70. The van der Waals surface area contributed by atoms with Crippen molar-refractivity contribution in [1.29, 1.82) is 0 Å². The molecular formula is C22H32N4O2. The van der Waals surface area contributed by atoms with Crippen LogP contribution in [-0.4, -0.2) is 73.5 Å². The van der Waals surface area contributed by atoms with Gasteiger partial charge in [0.25, 0.3) is 0 Å². The lowest BCUT2D eigenvalue weighted by Gasteiger charge is -2.35. The van der Waals surface area contributed by atoms with Gasteiger partial charge >= 0.3 is 0 Å².